The van der Waals surface area contributed by atoms with Crippen molar-refractivity contribution in [1.82, 2.24) is 15.1 Å². The summed E-state index contributed by atoms with van der Waals surface area (Å²) in [5.74, 6) is 0. The lowest BCUT2D eigenvalue weighted by atomic mass is 9.92. The highest BCUT2D eigenvalue weighted by atomic mass is 16.5. The van der Waals surface area contributed by atoms with Crippen LogP contribution < -0.4 is 0 Å². The molecule has 2 heterocycles. The number of aromatic nitrogens is 2. The van der Waals surface area contributed by atoms with Gasteiger partial charge in [0.15, 0.2) is 0 Å². The van der Waals surface area contributed by atoms with Gasteiger partial charge in [-0.05, 0) is 18.6 Å². The summed E-state index contributed by atoms with van der Waals surface area (Å²) in [4.78, 5) is 2.31. The van der Waals surface area contributed by atoms with Crippen LogP contribution in [0.25, 0.3) is 0 Å². The fraction of sp³-hybridized carbons (Fsp3) is 0.471. The molecular weight excluding hydrogens is 278 g/mol. The average Bonchev–Trinajstić information content (AvgIpc) is 3.00. The summed E-state index contributed by atoms with van der Waals surface area (Å²) in [6.45, 7) is 5.15. The first-order valence-electron chi connectivity index (χ1n) is 7.70. The molecule has 118 valence electrons. The topological polar surface area (TPSA) is 61.4 Å². The van der Waals surface area contributed by atoms with E-state index >= 15 is 0 Å². The second-order valence-electron chi connectivity index (χ2n) is 6.15. The minimum Gasteiger partial charge on any atom is -0.393 e. The van der Waals surface area contributed by atoms with Crippen molar-refractivity contribution in [1.29, 1.82) is 0 Å². The summed E-state index contributed by atoms with van der Waals surface area (Å²) in [5, 5.41) is 16.9. The second kappa shape index (κ2) is 6.60. The first-order valence-corrected chi connectivity index (χ1v) is 7.70. The van der Waals surface area contributed by atoms with Gasteiger partial charge in [-0.3, -0.25) is 10.00 Å². The molecule has 1 fully saturated rings. The number of hydrogen-bond donors (Lipinski definition) is 2. The molecule has 1 aliphatic heterocycles. The molecule has 0 radical (unpaired) electrons. The largest absolute Gasteiger partial charge is 0.393 e. The molecule has 0 amide bonds. The van der Waals surface area contributed by atoms with E-state index in [1.165, 1.54) is 11.1 Å². The van der Waals surface area contributed by atoms with Crippen LogP contribution in [-0.4, -0.2) is 52.1 Å². The third-order valence-corrected chi connectivity index (χ3v) is 4.18. The molecule has 22 heavy (non-hydrogen) atoms. The monoisotopic (exact) mass is 301 g/mol. The van der Waals surface area contributed by atoms with Crippen molar-refractivity contribution in [3.05, 3.63) is 53.3 Å². The minimum absolute atomic E-state index is 0.0282. The number of ether oxygens (including phenoxy) is 1. The van der Waals surface area contributed by atoms with Crippen LogP contribution in [0.1, 0.15) is 16.8 Å². The summed E-state index contributed by atoms with van der Waals surface area (Å²) in [5.41, 5.74) is 3.00. The maximum Gasteiger partial charge on any atom is 0.108 e. The number of nitrogens with one attached hydrogen (secondary N) is 1. The van der Waals surface area contributed by atoms with E-state index in [0.29, 0.717) is 6.61 Å². The summed E-state index contributed by atoms with van der Waals surface area (Å²) in [6.07, 6.45) is 2.49. The fourth-order valence-electron chi connectivity index (χ4n) is 3.12. The maximum atomic E-state index is 9.94. The third kappa shape index (κ3) is 3.55. The van der Waals surface area contributed by atoms with E-state index in [1.54, 1.807) is 6.20 Å². The number of benzene rings is 1. The Morgan fingerprint density at radius 3 is 3.05 bits per heavy atom. The van der Waals surface area contributed by atoms with Gasteiger partial charge in [0.2, 0.25) is 0 Å². The molecule has 5 nitrogen and oxygen atoms in total. The predicted molar refractivity (Wildman–Crippen MR) is 84.5 cm³/mol. The van der Waals surface area contributed by atoms with E-state index < -0.39 is 5.60 Å². The Hall–Kier alpha value is -1.69. The van der Waals surface area contributed by atoms with Gasteiger partial charge in [0.25, 0.3) is 0 Å². The molecule has 1 aromatic carbocycles. The molecule has 5 heteroatoms. The van der Waals surface area contributed by atoms with Gasteiger partial charge in [0, 0.05) is 37.9 Å². The molecule has 0 spiro atoms. The van der Waals surface area contributed by atoms with Crippen molar-refractivity contribution in [2.75, 3.05) is 26.3 Å². The maximum absolute atomic E-state index is 9.94. The molecule has 1 aromatic heterocycles. The van der Waals surface area contributed by atoms with E-state index in [0.717, 1.165) is 31.7 Å². The number of aromatic amines is 1. The molecule has 1 aliphatic rings. The van der Waals surface area contributed by atoms with Gasteiger partial charge in [-0.1, -0.05) is 29.8 Å². The van der Waals surface area contributed by atoms with E-state index in [1.807, 2.05) is 6.07 Å². The SMILES string of the molecule is Cc1cccc(C[C@]2(CO)CN(Cc3ccn[nH]3)CCO2)c1. The highest BCUT2D eigenvalue weighted by Gasteiger charge is 2.36. The zero-order valence-corrected chi connectivity index (χ0v) is 13.0. The van der Waals surface area contributed by atoms with Gasteiger partial charge >= 0.3 is 0 Å². The van der Waals surface area contributed by atoms with Crippen LogP contribution in [0.4, 0.5) is 0 Å². The minimum atomic E-state index is -0.522. The summed E-state index contributed by atoms with van der Waals surface area (Å²) < 4.78 is 5.99. The number of aliphatic hydroxyl groups is 1. The Labute approximate surface area is 130 Å². The van der Waals surface area contributed by atoms with Crippen LogP contribution in [0.15, 0.2) is 36.5 Å². The second-order valence-corrected chi connectivity index (χ2v) is 6.15. The van der Waals surface area contributed by atoms with Crippen molar-refractivity contribution in [2.45, 2.75) is 25.5 Å². The molecule has 0 saturated carbocycles. The zero-order valence-electron chi connectivity index (χ0n) is 13.0. The zero-order chi connectivity index (χ0) is 15.4. The quantitative estimate of drug-likeness (QED) is 0.879. The predicted octanol–water partition coefficient (Wildman–Crippen LogP) is 1.52. The van der Waals surface area contributed by atoms with E-state index in [-0.39, 0.29) is 6.61 Å². The Bertz CT molecular complexity index is 600. The standard InChI is InChI=1S/C17H23N3O2/c1-14-3-2-4-15(9-14)10-17(13-21)12-20(7-8-22-17)11-16-5-6-18-19-16/h2-6,9,21H,7-8,10-13H2,1H3,(H,18,19)/t17-/m1/s1. The molecule has 1 atom stereocenters. The lowest BCUT2D eigenvalue weighted by molar-refractivity contribution is -0.134. The third-order valence-electron chi connectivity index (χ3n) is 4.18. The lowest BCUT2D eigenvalue weighted by Gasteiger charge is -2.41. The highest BCUT2D eigenvalue weighted by Crippen LogP contribution is 2.24. The van der Waals surface area contributed by atoms with Crippen LogP contribution in [0.5, 0.6) is 0 Å². The fourth-order valence-corrected chi connectivity index (χ4v) is 3.12. The molecule has 0 bridgehead atoms. The first-order chi connectivity index (χ1) is 10.7. The molecule has 2 aromatic rings. The Kier molecular flexibility index (Phi) is 4.57. The number of morpholine rings is 1. The number of nitrogens with zero attached hydrogens (tertiary/aromatic N) is 2. The van der Waals surface area contributed by atoms with Crippen LogP contribution >= 0.6 is 0 Å². The number of rotatable bonds is 5. The highest BCUT2D eigenvalue weighted by molar-refractivity contribution is 5.24. The number of aryl methyl sites for hydroxylation is 1. The van der Waals surface area contributed by atoms with Gasteiger partial charge < -0.3 is 9.84 Å². The lowest BCUT2D eigenvalue weighted by Crippen LogP contribution is -2.55. The van der Waals surface area contributed by atoms with Gasteiger partial charge in [-0.25, -0.2) is 0 Å². The van der Waals surface area contributed by atoms with Crippen LogP contribution in [-0.2, 0) is 17.7 Å². The van der Waals surface area contributed by atoms with Crippen molar-refractivity contribution in [2.24, 2.45) is 0 Å². The number of aliphatic hydroxyl groups excluding tert-OH is 1. The van der Waals surface area contributed by atoms with Crippen LogP contribution in [0, 0.1) is 6.92 Å². The van der Waals surface area contributed by atoms with Crippen molar-refractivity contribution < 1.29 is 9.84 Å². The van der Waals surface area contributed by atoms with Crippen LogP contribution in [0.3, 0.4) is 0 Å². The van der Waals surface area contributed by atoms with Crippen LogP contribution in [0.2, 0.25) is 0 Å². The number of hydrogen-bond acceptors (Lipinski definition) is 4. The average molecular weight is 301 g/mol. The smallest absolute Gasteiger partial charge is 0.108 e. The Morgan fingerprint density at radius 2 is 2.32 bits per heavy atom. The molecule has 2 N–H and O–H groups in total. The summed E-state index contributed by atoms with van der Waals surface area (Å²) in [7, 11) is 0. The summed E-state index contributed by atoms with van der Waals surface area (Å²) >= 11 is 0. The van der Waals surface area contributed by atoms with Gasteiger partial charge in [-0.15, -0.1) is 0 Å². The van der Waals surface area contributed by atoms with Crippen molar-refractivity contribution in [3.63, 3.8) is 0 Å². The Morgan fingerprint density at radius 1 is 1.41 bits per heavy atom. The Balaban J connectivity index is 1.71. The normalized spacial score (nSPS) is 22.8. The van der Waals surface area contributed by atoms with Gasteiger partial charge in [0.05, 0.1) is 13.2 Å². The van der Waals surface area contributed by atoms with Crippen molar-refractivity contribution in [3.8, 4) is 0 Å². The van der Waals surface area contributed by atoms with E-state index in [9.17, 15) is 5.11 Å². The molecule has 3 rings (SSSR count). The molecule has 0 aliphatic carbocycles. The van der Waals surface area contributed by atoms with E-state index in [2.05, 4.69) is 46.3 Å². The van der Waals surface area contributed by atoms with Crippen molar-refractivity contribution >= 4 is 0 Å². The van der Waals surface area contributed by atoms with Gasteiger partial charge in [0.1, 0.15) is 5.60 Å². The van der Waals surface area contributed by atoms with Gasteiger partial charge in [-0.2, -0.15) is 5.10 Å². The summed E-state index contributed by atoms with van der Waals surface area (Å²) in [6, 6.07) is 10.4. The first kappa shape index (κ1) is 15.2. The molecular formula is C17H23N3O2. The molecule has 1 saturated heterocycles. The number of H-pyrrole nitrogens is 1. The van der Waals surface area contributed by atoms with E-state index in [4.69, 9.17) is 4.74 Å². The molecule has 0 unspecified atom stereocenters.